The molecule has 0 bridgehead atoms. The molecule has 3 aromatic rings. The van der Waals surface area contributed by atoms with Gasteiger partial charge >= 0.3 is 0 Å². The number of anilines is 1. The van der Waals surface area contributed by atoms with Gasteiger partial charge in [0.05, 0.1) is 42.6 Å². The Kier molecular flexibility index (Phi) is 14.8. The zero-order valence-corrected chi connectivity index (χ0v) is 32.7. The molecule has 2 aromatic carbocycles. The van der Waals surface area contributed by atoms with Gasteiger partial charge in [0, 0.05) is 86.9 Å². The molecule has 1 saturated heterocycles. The Morgan fingerprint density at radius 2 is 1.71 bits per heavy atom. The van der Waals surface area contributed by atoms with Crippen molar-refractivity contribution in [2.24, 2.45) is 18.7 Å². The molecule has 0 radical (unpaired) electrons. The number of alkyl halides is 2. The number of nitrogens with one attached hydrogen (secondary N) is 3. The predicted octanol–water partition coefficient (Wildman–Crippen LogP) is 3.55. The van der Waals surface area contributed by atoms with Gasteiger partial charge in [-0.2, -0.15) is 0 Å². The maximum atomic E-state index is 15.5. The summed E-state index contributed by atoms with van der Waals surface area (Å²) in [5, 5.41) is 10.7. The van der Waals surface area contributed by atoms with Crippen molar-refractivity contribution in [1.29, 1.82) is 5.41 Å². The molecule has 0 saturated carbocycles. The van der Waals surface area contributed by atoms with Gasteiger partial charge in [0.2, 0.25) is 5.91 Å². The summed E-state index contributed by atoms with van der Waals surface area (Å²) in [5.41, 5.74) is 5.01. The first-order chi connectivity index (χ1) is 26.4. The van der Waals surface area contributed by atoms with Gasteiger partial charge in [0.15, 0.2) is 24.0 Å². The Balaban J connectivity index is 1.40. The third kappa shape index (κ3) is 10.5. The van der Waals surface area contributed by atoms with E-state index in [0.717, 1.165) is 16.0 Å². The number of likely N-dealkylation sites (N-methyl/N-ethyl adjacent to an activating group) is 1. The van der Waals surface area contributed by atoms with Gasteiger partial charge in [-0.25, -0.2) is 22.5 Å². The molecule has 0 aliphatic carbocycles. The minimum atomic E-state index is -2.68. The molecule has 1 aliphatic rings. The zero-order valence-electron chi connectivity index (χ0n) is 31.9. The lowest BCUT2D eigenvalue weighted by molar-refractivity contribution is -0.871. The first kappa shape index (κ1) is 43.4. The van der Waals surface area contributed by atoms with Crippen LogP contribution in [0.4, 0.5) is 23.2 Å². The van der Waals surface area contributed by atoms with E-state index in [1.807, 2.05) is 14.0 Å². The number of quaternary nitrogens is 1. The first-order valence-corrected chi connectivity index (χ1v) is 18.4. The van der Waals surface area contributed by atoms with Gasteiger partial charge in [-0.3, -0.25) is 19.2 Å². The summed E-state index contributed by atoms with van der Waals surface area (Å²) < 4.78 is 57.9. The molecule has 56 heavy (non-hydrogen) atoms. The van der Waals surface area contributed by atoms with Gasteiger partial charge < -0.3 is 40.6 Å². The van der Waals surface area contributed by atoms with E-state index in [-0.39, 0.29) is 74.5 Å². The van der Waals surface area contributed by atoms with Crippen LogP contribution in [0, 0.1) is 23.0 Å². The second-order valence-corrected chi connectivity index (χ2v) is 14.2. The van der Waals surface area contributed by atoms with Crippen molar-refractivity contribution in [3.63, 3.8) is 0 Å². The van der Waals surface area contributed by atoms with Crippen molar-refractivity contribution in [3.8, 4) is 11.3 Å². The topological polar surface area (TPSA) is 162 Å². The molecule has 0 spiro atoms. The lowest BCUT2D eigenvalue weighted by Crippen LogP contribution is -3.10. The normalized spacial score (nSPS) is 14.4. The number of benzene rings is 2. The van der Waals surface area contributed by atoms with Crippen LogP contribution < -0.4 is 16.0 Å². The molecule has 18 heteroatoms. The molecule has 2 heterocycles. The molecule has 1 fully saturated rings. The van der Waals surface area contributed by atoms with Crippen LogP contribution in [0.5, 0.6) is 0 Å². The average molecular weight is 805 g/mol. The smallest absolute Gasteiger partial charge is 0.291 e. The number of nitrogens with two attached hydrogens (primary N) is 1. The Morgan fingerprint density at radius 3 is 2.30 bits per heavy atom. The number of halogens is 5. The molecular weight excluding hydrogens is 758 g/mol. The summed E-state index contributed by atoms with van der Waals surface area (Å²) in [6.45, 7) is 4.73. The van der Waals surface area contributed by atoms with Crippen LogP contribution >= 0.6 is 11.6 Å². The second kappa shape index (κ2) is 19.0. The van der Waals surface area contributed by atoms with Gasteiger partial charge in [-0.15, -0.1) is 0 Å². The standard InChI is InChI=1S/C38H46ClF4N9O4/c1-6-23(11-12-48(3)21-32(45)53)37(55)51-13-15-52(16-14-51)38(56)26-8-7-24(17-29(26)39)47-36(54)35-46-18-30(50(35)5)27-10-9-25(33(42)34(27)43)28(22(2)44)19-49(4)20-31(40)41/h7-10,17-19,23,31,44H,6,11-16,20-21H2,1-5H3,(H2,45,53)(H,47,54)/p+1/b28-19+,44-22?. The molecular formula is C38H47ClF4N9O4+. The first-order valence-electron chi connectivity index (χ1n) is 18.0. The van der Waals surface area contributed by atoms with Crippen LogP contribution in [0.1, 0.15) is 53.2 Å². The van der Waals surface area contributed by atoms with Crippen LogP contribution in [0.15, 0.2) is 42.7 Å². The fraction of sp³-hybridized carbons (Fsp3) is 0.421. The largest absolute Gasteiger partial charge is 0.374 e. The third-order valence-electron chi connectivity index (χ3n) is 9.59. The van der Waals surface area contributed by atoms with E-state index in [9.17, 15) is 28.0 Å². The number of amides is 4. The third-order valence-corrected chi connectivity index (χ3v) is 9.91. The molecule has 1 aliphatic heterocycles. The summed E-state index contributed by atoms with van der Waals surface area (Å²) in [7, 11) is 4.62. The molecule has 302 valence electrons. The second-order valence-electron chi connectivity index (χ2n) is 13.8. The number of hydrogen-bond acceptors (Lipinski definition) is 7. The van der Waals surface area contributed by atoms with Crippen LogP contribution in [0.3, 0.4) is 0 Å². The summed E-state index contributed by atoms with van der Waals surface area (Å²) in [6, 6.07) is 6.85. The highest BCUT2D eigenvalue weighted by atomic mass is 35.5. The quantitative estimate of drug-likeness (QED) is 0.128. The van der Waals surface area contributed by atoms with Gasteiger partial charge in [0.1, 0.15) is 0 Å². The number of rotatable bonds is 16. The summed E-state index contributed by atoms with van der Waals surface area (Å²) in [5.74, 6) is -4.38. The molecule has 4 rings (SSSR count). The minimum absolute atomic E-state index is 0.00940. The van der Waals surface area contributed by atoms with Gasteiger partial charge in [-0.05, 0) is 37.6 Å². The van der Waals surface area contributed by atoms with E-state index >= 15 is 8.78 Å². The highest BCUT2D eigenvalue weighted by molar-refractivity contribution is 6.34. The van der Waals surface area contributed by atoms with Crippen molar-refractivity contribution in [1.82, 2.24) is 24.3 Å². The van der Waals surface area contributed by atoms with Crippen LogP contribution in [0.2, 0.25) is 5.02 Å². The summed E-state index contributed by atoms with van der Waals surface area (Å²) in [4.78, 5) is 60.6. The SMILES string of the molecule is CCC(CC[NH+](C)CC(N)=O)C(=O)N1CCN(C(=O)c2ccc(NC(=O)c3ncc(-c4ccc(/C(=C/N(C)CC(F)F)C(C)=N)c(F)c4F)n3C)cc2Cl)CC1. The number of primary amides is 1. The monoisotopic (exact) mass is 804 g/mol. The van der Waals surface area contributed by atoms with Crippen molar-refractivity contribution in [2.45, 2.75) is 33.1 Å². The Hall–Kier alpha value is -5.29. The van der Waals surface area contributed by atoms with E-state index in [1.165, 1.54) is 62.1 Å². The van der Waals surface area contributed by atoms with Crippen molar-refractivity contribution < 1.29 is 41.6 Å². The number of carbonyl (C=O) groups is 4. The van der Waals surface area contributed by atoms with Gasteiger partial charge in [-0.1, -0.05) is 24.6 Å². The van der Waals surface area contributed by atoms with E-state index in [0.29, 0.717) is 45.6 Å². The van der Waals surface area contributed by atoms with E-state index in [4.69, 9.17) is 22.7 Å². The highest BCUT2D eigenvalue weighted by Crippen LogP contribution is 2.31. The van der Waals surface area contributed by atoms with E-state index in [2.05, 4.69) is 10.3 Å². The fourth-order valence-electron chi connectivity index (χ4n) is 6.51. The minimum Gasteiger partial charge on any atom is -0.374 e. The predicted molar refractivity (Wildman–Crippen MR) is 205 cm³/mol. The van der Waals surface area contributed by atoms with Crippen molar-refractivity contribution in [2.75, 3.05) is 65.2 Å². The van der Waals surface area contributed by atoms with Crippen LogP contribution in [-0.4, -0.2) is 120 Å². The molecule has 2 unspecified atom stereocenters. The number of nitrogens with zero attached hydrogens (tertiary/aromatic N) is 5. The Bertz CT molecular complexity index is 2000. The number of hydrogen-bond donors (Lipinski definition) is 4. The lowest BCUT2D eigenvalue weighted by Gasteiger charge is -2.36. The van der Waals surface area contributed by atoms with Crippen molar-refractivity contribution in [3.05, 3.63) is 76.3 Å². The summed E-state index contributed by atoms with van der Waals surface area (Å²) >= 11 is 6.51. The number of allylic oxidation sites excluding steroid dienone is 1. The maximum Gasteiger partial charge on any atom is 0.291 e. The molecule has 13 nitrogen and oxygen atoms in total. The average Bonchev–Trinajstić information content (AvgIpc) is 3.52. The Labute approximate surface area is 327 Å². The highest BCUT2D eigenvalue weighted by Gasteiger charge is 2.30. The van der Waals surface area contributed by atoms with E-state index in [1.54, 1.807) is 9.80 Å². The molecule has 5 N–H and O–H groups in total. The van der Waals surface area contributed by atoms with Crippen LogP contribution in [0.25, 0.3) is 16.8 Å². The number of piperazine rings is 1. The number of carbonyl (C=O) groups excluding carboxylic acids is 4. The Morgan fingerprint density at radius 1 is 1.07 bits per heavy atom. The van der Waals surface area contributed by atoms with Gasteiger partial charge in [0.25, 0.3) is 24.1 Å². The lowest BCUT2D eigenvalue weighted by atomic mass is 9.99. The number of aromatic nitrogens is 2. The fourth-order valence-corrected chi connectivity index (χ4v) is 6.77. The van der Waals surface area contributed by atoms with Crippen molar-refractivity contribution >= 4 is 52.2 Å². The maximum absolute atomic E-state index is 15.5. The summed E-state index contributed by atoms with van der Waals surface area (Å²) in [6.07, 6.45) is 0.927. The van der Waals surface area contributed by atoms with E-state index < -0.39 is 36.4 Å². The zero-order chi connectivity index (χ0) is 41.4. The number of imidazole rings is 1. The molecule has 2 atom stereocenters. The van der Waals surface area contributed by atoms with Crippen LogP contribution in [-0.2, 0) is 16.6 Å². The molecule has 4 amide bonds. The molecule has 1 aromatic heterocycles.